The molecule has 0 spiro atoms. The first-order valence-corrected chi connectivity index (χ1v) is 15.8. The lowest BCUT2D eigenvalue weighted by molar-refractivity contribution is -0.157. The predicted octanol–water partition coefficient (Wildman–Crippen LogP) is 7.97. The molecule has 5 aliphatic rings. The van der Waals surface area contributed by atoms with E-state index in [1.54, 1.807) is 12.1 Å². The van der Waals surface area contributed by atoms with Crippen molar-refractivity contribution in [3.63, 3.8) is 0 Å². The molecule has 6 rings (SSSR count). The highest BCUT2D eigenvalue weighted by molar-refractivity contribution is 5.72. The second kappa shape index (κ2) is 12.7. The first-order chi connectivity index (χ1) is 18.1. The molecule has 5 fully saturated rings. The number of ether oxygens (including phenoxy) is 1. The van der Waals surface area contributed by atoms with Gasteiger partial charge in [-0.2, -0.15) is 0 Å². The maximum absolute atomic E-state index is 11.9. The van der Waals surface area contributed by atoms with Crippen LogP contribution in [0.1, 0.15) is 111 Å². The molecule has 0 aromatic heterocycles. The molecule has 5 aliphatic carbocycles. The molecule has 4 nitrogen and oxygen atoms in total. The van der Waals surface area contributed by atoms with E-state index in [2.05, 4.69) is 34.6 Å². The topological polar surface area (TPSA) is 66.8 Å². The van der Waals surface area contributed by atoms with Gasteiger partial charge in [-0.1, -0.05) is 60.1 Å². The zero-order chi connectivity index (χ0) is 27.6. The molecule has 1 aromatic rings. The molecule has 5 saturated carbocycles. The van der Waals surface area contributed by atoms with Crippen molar-refractivity contribution in [1.29, 1.82) is 0 Å². The monoisotopic (exact) mass is 526 g/mol. The molecular weight excluding hydrogens is 472 g/mol. The van der Waals surface area contributed by atoms with E-state index < -0.39 is 0 Å². The Balaban J connectivity index is 0.000000140. The summed E-state index contributed by atoms with van der Waals surface area (Å²) in [5, 5.41) is 18.5. The normalized spacial score (nSPS) is 39.4. The number of aliphatic hydroxyl groups is 1. The Kier molecular flexibility index (Phi) is 9.87. The van der Waals surface area contributed by atoms with Crippen LogP contribution in [-0.2, 0) is 9.53 Å². The largest absolute Gasteiger partial charge is 0.508 e. The zero-order valence-electron chi connectivity index (χ0n) is 24.8. The molecule has 1 aromatic carbocycles. The van der Waals surface area contributed by atoms with Crippen LogP contribution in [0, 0.1) is 53.3 Å². The van der Waals surface area contributed by atoms with Crippen LogP contribution in [0.4, 0.5) is 0 Å². The second-order valence-electron chi connectivity index (χ2n) is 13.5. The number of carbonyl (C=O) groups is 1. The van der Waals surface area contributed by atoms with E-state index in [-0.39, 0.29) is 24.1 Å². The molecule has 12 atom stereocenters. The molecule has 38 heavy (non-hydrogen) atoms. The molecule has 0 radical (unpaired) electrons. The first kappa shape index (κ1) is 29.4. The summed E-state index contributed by atoms with van der Waals surface area (Å²) in [7, 11) is 0. The van der Waals surface area contributed by atoms with Crippen molar-refractivity contribution in [2.24, 2.45) is 53.3 Å². The second-order valence-corrected chi connectivity index (χ2v) is 13.5. The lowest BCUT2D eigenvalue weighted by Crippen LogP contribution is -2.33. The summed E-state index contributed by atoms with van der Waals surface area (Å²) in [6.07, 6.45) is 11.5. The zero-order valence-corrected chi connectivity index (χ0v) is 24.8. The van der Waals surface area contributed by atoms with E-state index in [1.165, 1.54) is 37.7 Å². The summed E-state index contributed by atoms with van der Waals surface area (Å²) < 4.78 is 5.77. The number of aromatic hydroxyl groups is 1. The molecule has 0 heterocycles. The highest BCUT2D eigenvalue weighted by Crippen LogP contribution is 2.59. The number of carbonyl (C=O) groups excluding carboxylic acids is 1. The van der Waals surface area contributed by atoms with E-state index in [0.29, 0.717) is 23.5 Å². The third-order valence-corrected chi connectivity index (χ3v) is 11.6. The summed E-state index contributed by atoms with van der Waals surface area (Å²) in [5.41, 5.74) is 1.30. The van der Waals surface area contributed by atoms with E-state index in [4.69, 9.17) is 9.84 Å². The number of benzene rings is 1. The van der Waals surface area contributed by atoms with Gasteiger partial charge >= 0.3 is 5.97 Å². The molecule has 12 unspecified atom stereocenters. The van der Waals surface area contributed by atoms with Crippen molar-refractivity contribution in [3.8, 4) is 5.75 Å². The van der Waals surface area contributed by atoms with Crippen LogP contribution in [0.15, 0.2) is 24.3 Å². The van der Waals surface area contributed by atoms with Crippen LogP contribution in [0.25, 0.3) is 0 Å². The smallest absolute Gasteiger partial charge is 0.308 e. The first-order valence-electron chi connectivity index (χ1n) is 15.8. The third-order valence-electron chi connectivity index (χ3n) is 11.6. The third kappa shape index (κ3) is 6.26. The van der Waals surface area contributed by atoms with Crippen LogP contribution in [0.3, 0.4) is 0 Å². The molecule has 2 N–H and O–H groups in total. The average molecular weight is 527 g/mol. The van der Waals surface area contributed by atoms with Crippen LogP contribution < -0.4 is 0 Å². The quantitative estimate of drug-likeness (QED) is 0.382. The summed E-state index contributed by atoms with van der Waals surface area (Å²) in [6.45, 7) is 13.0. The van der Waals surface area contributed by atoms with Gasteiger partial charge in [0.05, 0.1) is 12.0 Å². The summed E-state index contributed by atoms with van der Waals surface area (Å²) in [5.74, 6) is 7.64. The van der Waals surface area contributed by atoms with E-state index in [1.807, 2.05) is 19.1 Å². The Labute approximate surface area is 231 Å². The number of esters is 1. The average Bonchev–Trinajstić information content (AvgIpc) is 3.72. The molecule has 4 heteroatoms. The standard InChI is InChI=1S/C15H24O2.C10H14O.C9H16O/c1-3-9(2)15(16)17-14-8-10-7-13(14)12-6-4-5-11(10)12;1-3-8(2)9-4-6-10(11)7-5-9;1-5-6(2)8-3-7(5)4-9(8)10/h9-14H,3-8H2,1-2H3;4-8,11H,3H2,1-2H3;5-10H,3-4H2,1-2H3. The van der Waals surface area contributed by atoms with Gasteiger partial charge in [-0.15, -0.1) is 0 Å². The minimum absolute atomic E-state index is 0.0381. The van der Waals surface area contributed by atoms with Gasteiger partial charge in [0.1, 0.15) is 11.9 Å². The van der Waals surface area contributed by atoms with Crippen molar-refractivity contribution in [2.75, 3.05) is 0 Å². The molecule has 0 saturated heterocycles. The van der Waals surface area contributed by atoms with Gasteiger partial charge in [-0.25, -0.2) is 0 Å². The highest BCUT2D eigenvalue weighted by atomic mass is 16.5. The van der Waals surface area contributed by atoms with Crippen molar-refractivity contribution in [3.05, 3.63) is 29.8 Å². The predicted molar refractivity (Wildman–Crippen MR) is 154 cm³/mol. The summed E-state index contributed by atoms with van der Waals surface area (Å²) in [4.78, 5) is 11.9. The minimum Gasteiger partial charge on any atom is -0.508 e. The molecule has 0 aliphatic heterocycles. The molecule has 4 bridgehead atoms. The number of hydrogen-bond acceptors (Lipinski definition) is 4. The minimum atomic E-state index is 0.0381. The van der Waals surface area contributed by atoms with Gasteiger partial charge in [-0.3, -0.25) is 4.79 Å². The maximum Gasteiger partial charge on any atom is 0.308 e. The summed E-state index contributed by atoms with van der Waals surface area (Å²) >= 11 is 0. The fourth-order valence-corrected chi connectivity index (χ4v) is 8.51. The lowest BCUT2D eigenvalue weighted by atomic mass is 9.80. The van der Waals surface area contributed by atoms with Crippen LogP contribution in [-0.4, -0.2) is 28.4 Å². The Bertz CT molecular complexity index is 894. The van der Waals surface area contributed by atoms with Crippen molar-refractivity contribution in [1.82, 2.24) is 0 Å². The Hall–Kier alpha value is -1.55. The van der Waals surface area contributed by atoms with Gasteiger partial charge in [0.2, 0.25) is 0 Å². The van der Waals surface area contributed by atoms with Gasteiger partial charge in [0.25, 0.3) is 0 Å². The number of fused-ring (bicyclic) bond motifs is 7. The van der Waals surface area contributed by atoms with Crippen molar-refractivity contribution >= 4 is 5.97 Å². The number of rotatable bonds is 5. The summed E-state index contributed by atoms with van der Waals surface area (Å²) in [6, 6.07) is 7.43. The van der Waals surface area contributed by atoms with Crippen LogP contribution >= 0.6 is 0 Å². The van der Waals surface area contributed by atoms with Gasteiger partial charge < -0.3 is 14.9 Å². The van der Waals surface area contributed by atoms with Gasteiger partial charge in [0.15, 0.2) is 0 Å². The number of phenols is 1. The molecular formula is C34H54O4. The van der Waals surface area contributed by atoms with E-state index >= 15 is 0 Å². The lowest BCUT2D eigenvalue weighted by Gasteiger charge is -2.31. The fourth-order valence-electron chi connectivity index (χ4n) is 8.51. The van der Waals surface area contributed by atoms with Gasteiger partial charge in [-0.05, 0) is 122 Å². The molecule has 0 amide bonds. The number of hydrogen-bond donors (Lipinski definition) is 2. The maximum atomic E-state index is 11.9. The van der Waals surface area contributed by atoms with E-state index in [0.717, 1.165) is 61.2 Å². The van der Waals surface area contributed by atoms with Crippen LogP contribution in [0.2, 0.25) is 0 Å². The van der Waals surface area contributed by atoms with E-state index in [9.17, 15) is 9.90 Å². The number of aliphatic hydroxyl groups excluding tert-OH is 1. The fraction of sp³-hybridized carbons (Fsp3) is 0.794. The molecule has 214 valence electrons. The SMILES string of the molecule is CC1C2CC(O)C(C2)C1C.CCC(C)C(=O)OC1CC2CC1C1CCCC21.CCC(C)c1ccc(O)cc1. The van der Waals surface area contributed by atoms with Crippen LogP contribution in [0.5, 0.6) is 5.75 Å². The van der Waals surface area contributed by atoms with Gasteiger partial charge in [0, 0.05) is 0 Å². The highest BCUT2D eigenvalue weighted by Gasteiger charge is 2.55. The Morgan fingerprint density at radius 2 is 1.53 bits per heavy atom. The Morgan fingerprint density at radius 1 is 0.868 bits per heavy atom. The number of phenolic OH excluding ortho intramolecular Hbond substituents is 1. The Morgan fingerprint density at radius 3 is 2.11 bits per heavy atom. The van der Waals surface area contributed by atoms with Crippen molar-refractivity contribution < 1.29 is 19.7 Å². The van der Waals surface area contributed by atoms with Crippen molar-refractivity contribution in [2.45, 2.75) is 117 Å².